The van der Waals surface area contributed by atoms with Crippen LogP contribution in [0.5, 0.6) is 0 Å². The second-order valence-corrected chi connectivity index (χ2v) is 15.1. The fraction of sp³-hybridized carbons (Fsp3) is 0.512. The van der Waals surface area contributed by atoms with Gasteiger partial charge >= 0.3 is 0 Å². The highest BCUT2D eigenvalue weighted by Gasteiger charge is 2.41. The van der Waals surface area contributed by atoms with E-state index < -0.39 is 18.1 Å². The quantitative estimate of drug-likeness (QED) is 0.227. The fourth-order valence-electron chi connectivity index (χ4n) is 9.18. The third-order valence-electron chi connectivity index (χ3n) is 12.1. The van der Waals surface area contributed by atoms with E-state index >= 15 is 0 Å². The van der Waals surface area contributed by atoms with E-state index in [1.165, 1.54) is 63.8 Å². The molecule has 7 heteroatoms. The molecule has 4 atom stereocenters. The van der Waals surface area contributed by atoms with Crippen LogP contribution < -0.4 is 16.0 Å². The standard InChI is InChI=1S/C43H54N4O3/c1-28(44-2)41(48)46-40(30-14-4-3-5-15-30)43(50)47-26-12-25-39(47)42(49)45-38-24-11-22-36-35(21-10-23-37(36)38)32-18-8-17-31(27-32)34-20-9-16-29-13-6-7-19-33(29)34/h8-10,16-18,20-21,23,27-28,30,38-40,44H,3-7,11-15,19,22,24-26H2,1-2H3,(H,45,49)(H,46,48)/t28-,38+,39-,40-/m0/s1. The number of fused-ring (bicyclic) bond motifs is 2. The summed E-state index contributed by atoms with van der Waals surface area (Å²) in [6.45, 7) is 2.35. The number of nitrogens with one attached hydrogen (secondary N) is 3. The lowest BCUT2D eigenvalue weighted by Crippen LogP contribution is -2.58. The van der Waals surface area contributed by atoms with E-state index in [4.69, 9.17) is 0 Å². The normalized spacial score (nSPS) is 21.8. The largest absolute Gasteiger partial charge is 0.347 e. The molecule has 0 radical (unpaired) electrons. The molecular weight excluding hydrogens is 620 g/mol. The van der Waals surface area contributed by atoms with Gasteiger partial charge < -0.3 is 20.9 Å². The van der Waals surface area contributed by atoms with Crippen molar-refractivity contribution in [2.24, 2.45) is 5.92 Å². The van der Waals surface area contributed by atoms with Crippen LogP contribution in [-0.4, -0.2) is 54.3 Å². The van der Waals surface area contributed by atoms with Crippen LogP contribution in [0, 0.1) is 5.92 Å². The zero-order chi connectivity index (χ0) is 34.6. The smallest absolute Gasteiger partial charge is 0.246 e. The van der Waals surface area contributed by atoms with Crippen molar-refractivity contribution in [1.82, 2.24) is 20.9 Å². The zero-order valence-corrected chi connectivity index (χ0v) is 29.9. The molecule has 1 aliphatic heterocycles. The van der Waals surface area contributed by atoms with Gasteiger partial charge in [-0.2, -0.15) is 0 Å². The summed E-state index contributed by atoms with van der Waals surface area (Å²) in [6, 6.07) is 20.7. The summed E-state index contributed by atoms with van der Waals surface area (Å²) in [4.78, 5) is 43.1. The summed E-state index contributed by atoms with van der Waals surface area (Å²) in [6.07, 6.45) is 14.3. The first-order valence-corrected chi connectivity index (χ1v) is 19.3. The van der Waals surface area contributed by atoms with Crippen LogP contribution in [-0.2, 0) is 33.6 Å². The van der Waals surface area contributed by atoms with E-state index in [2.05, 4.69) is 76.6 Å². The minimum atomic E-state index is -0.595. The molecule has 0 unspecified atom stereocenters. The molecule has 3 N–H and O–H groups in total. The number of likely N-dealkylation sites (tertiary alicyclic amines) is 1. The van der Waals surface area contributed by atoms with Crippen molar-refractivity contribution in [1.29, 1.82) is 0 Å². The molecule has 1 saturated carbocycles. The molecule has 0 aromatic heterocycles. The molecule has 7 nitrogen and oxygen atoms in total. The minimum Gasteiger partial charge on any atom is -0.347 e. The summed E-state index contributed by atoms with van der Waals surface area (Å²) < 4.78 is 0. The van der Waals surface area contributed by atoms with Crippen LogP contribution in [0.2, 0.25) is 0 Å². The van der Waals surface area contributed by atoms with Gasteiger partial charge in [0.15, 0.2) is 0 Å². The number of likely N-dealkylation sites (N-methyl/N-ethyl adjacent to an activating group) is 1. The molecule has 4 aliphatic rings. The first-order valence-electron chi connectivity index (χ1n) is 19.3. The SMILES string of the molecule is CN[C@@H](C)C(=O)N[C@H](C(=O)N1CCC[C@H]1C(=O)N[C@@H]1CCCc2c(-c3cccc(-c4cccc5c4CCCC5)c3)cccc21)C1CCCCC1. The van der Waals surface area contributed by atoms with Crippen molar-refractivity contribution in [2.75, 3.05) is 13.6 Å². The van der Waals surface area contributed by atoms with E-state index in [1.807, 2.05) is 6.92 Å². The maximum atomic E-state index is 14.2. The van der Waals surface area contributed by atoms with Crippen LogP contribution in [0.25, 0.3) is 22.3 Å². The third kappa shape index (κ3) is 7.12. The van der Waals surface area contributed by atoms with Crippen LogP contribution in [0.3, 0.4) is 0 Å². The first-order chi connectivity index (χ1) is 24.4. The Labute approximate surface area is 298 Å². The number of hydrogen-bond acceptors (Lipinski definition) is 4. The molecule has 1 saturated heterocycles. The molecule has 3 aromatic carbocycles. The lowest BCUT2D eigenvalue weighted by atomic mass is 9.82. The Balaban J connectivity index is 1.10. The van der Waals surface area contributed by atoms with Gasteiger partial charge in [-0.05, 0) is 141 Å². The maximum absolute atomic E-state index is 14.2. The fourth-order valence-corrected chi connectivity index (χ4v) is 9.18. The van der Waals surface area contributed by atoms with Gasteiger partial charge in [0.1, 0.15) is 12.1 Å². The molecule has 264 valence electrons. The molecule has 0 spiro atoms. The zero-order valence-electron chi connectivity index (χ0n) is 29.9. The molecule has 7 rings (SSSR count). The first kappa shape index (κ1) is 34.5. The number of hydrogen-bond donors (Lipinski definition) is 3. The second-order valence-electron chi connectivity index (χ2n) is 15.1. The summed E-state index contributed by atoms with van der Waals surface area (Å²) >= 11 is 0. The third-order valence-corrected chi connectivity index (χ3v) is 12.1. The predicted molar refractivity (Wildman–Crippen MR) is 200 cm³/mol. The molecule has 3 aliphatic carbocycles. The van der Waals surface area contributed by atoms with E-state index in [9.17, 15) is 14.4 Å². The number of carbonyl (C=O) groups is 3. The van der Waals surface area contributed by atoms with Gasteiger partial charge in [0.2, 0.25) is 17.7 Å². The molecule has 2 fully saturated rings. The number of rotatable bonds is 9. The Morgan fingerprint density at radius 1 is 0.740 bits per heavy atom. The van der Waals surface area contributed by atoms with E-state index in [0.29, 0.717) is 13.0 Å². The molecule has 3 amide bonds. The number of carbonyl (C=O) groups excluding carboxylic acids is 3. The van der Waals surface area contributed by atoms with Crippen LogP contribution in [0.1, 0.15) is 106 Å². The van der Waals surface area contributed by atoms with Crippen molar-refractivity contribution < 1.29 is 14.4 Å². The van der Waals surface area contributed by atoms with E-state index in [0.717, 1.165) is 64.2 Å². The Morgan fingerprint density at radius 2 is 1.44 bits per heavy atom. The minimum absolute atomic E-state index is 0.0766. The van der Waals surface area contributed by atoms with Gasteiger partial charge in [0, 0.05) is 6.54 Å². The number of benzene rings is 3. The predicted octanol–water partition coefficient (Wildman–Crippen LogP) is 7.06. The number of aryl methyl sites for hydroxylation is 1. The Hall–Kier alpha value is -3.97. The Morgan fingerprint density at radius 3 is 2.22 bits per heavy atom. The highest BCUT2D eigenvalue weighted by Crippen LogP contribution is 2.39. The van der Waals surface area contributed by atoms with Gasteiger partial charge in [0.05, 0.1) is 12.1 Å². The second kappa shape index (κ2) is 15.5. The van der Waals surface area contributed by atoms with Crippen LogP contribution in [0.4, 0.5) is 0 Å². The molecule has 50 heavy (non-hydrogen) atoms. The van der Waals surface area contributed by atoms with Gasteiger partial charge in [-0.25, -0.2) is 0 Å². The molecular formula is C43H54N4O3. The number of nitrogens with zero attached hydrogens (tertiary/aromatic N) is 1. The summed E-state index contributed by atoms with van der Waals surface area (Å²) in [5.41, 5.74) is 10.6. The monoisotopic (exact) mass is 674 g/mol. The van der Waals surface area contributed by atoms with Crippen molar-refractivity contribution in [2.45, 2.75) is 121 Å². The lowest BCUT2D eigenvalue weighted by molar-refractivity contribution is -0.143. The molecule has 3 aromatic rings. The highest BCUT2D eigenvalue weighted by molar-refractivity contribution is 5.94. The van der Waals surface area contributed by atoms with Gasteiger partial charge in [-0.15, -0.1) is 0 Å². The molecule has 1 heterocycles. The summed E-state index contributed by atoms with van der Waals surface area (Å²) in [5.74, 6) is -0.243. The van der Waals surface area contributed by atoms with Crippen molar-refractivity contribution in [3.8, 4) is 22.3 Å². The van der Waals surface area contributed by atoms with E-state index in [1.54, 1.807) is 11.9 Å². The highest BCUT2D eigenvalue weighted by atomic mass is 16.2. The lowest BCUT2D eigenvalue weighted by Gasteiger charge is -2.36. The number of amides is 3. The Bertz CT molecular complexity index is 1710. The summed E-state index contributed by atoms with van der Waals surface area (Å²) in [5, 5.41) is 9.50. The maximum Gasteiger partial charge on any atom is 0.246 e. The Kier molecular flexibility index (Phi) is 10.7. The topological polar surface area (TPSA) is 90.5 Å². The van der Waals surface area contributed by atoms with Crippen molar-refractivity contribution in [3.63, 3.8) is 0 Å². The van der Waals surface area contributed by atoms with Crippen LogP contribution >= 0.6 is 0 Å². The summed E-state index contributed by atoms with van der Waals surface area (Å²) in [7, 11) is 1.75. The van der Waals surface area contributed by atoms with Gasteiger partial charge in [-0.1, -0.05) is 73.9 Å². The van der Waals surface area contributed by atoms with Crippen molar-refractivity contribution >= 4 is 17.7 Å². The van der Waals surface area contributed by atoms with Crippen LogP contribution in [0.15, 0.2) is 60.7 Å². The van der Waals surface area contributed by atoms with Gasteiger partial charge in [0.25, 0.3) is 0 Å². The van der Waals surface area contributed by atoms with E-state index in [-0.39, 0.29) is 29.7 Å². The van der Waals surface area contributed by atoms with Crippen molar-refractivity contribution in [3.05, 3.63) is 82.9 Å². The average Bonchev–Trinajstić information content (AvgIpc) is 3.67. The molecule has 0 bridgehead atoms. The average molecular weight is 675 g/mol. The van der Waals surface area contributed by atoms with Gasteiger partial charge in [-0.3, -0.25) is 14.4 Å².